The Balaban J connectivity index is 1.95. The molecule has 4 heteroatoms. The van der Waals surface area contributed by atoms with Gasteiger partial charge in [0.15, 0.2) is 6.10 Å². The van der Waals surface area contributed by atoms with Crippen LogP contribution < -0.4 is 0 Å². The number of ether oxygens (including phenoxy) is 1. The van der Waals surface area contributed by atoms with Gasteiger partial charge in [0.05, 0.1) is 5.71 Å². The Morgan fingerprint density at radius 2 is 2.15 bits per heavy atom. The minimum Gasteiger partial charge on any atom is -0.462 e. The van der Waals surface area contributed by atoms with E-state index in [-0.39, 0.29) is 30.0 Å². The summed E-state index contributed by atoms with van der Waals surface area (Å²) in [6.07, 6.45) is 10.9. The van der Waals surface area contributed by atoms with Crippen LogP contribution in [0.2, 0.25) is 0 Å². The largest absolute Gasteiger partial charge is 0.462 e. The lowest BCUT2D eigenvalue weighted by Gasteiger charge is -2.33. The monoisotopic (exact) mass is 359 g/mol. The van der Waals surface area contributed by atoms with Crippen molar-refractivity contribution in [1.82, 2.24) is 0 Å². The van der Waals surface area contributed by atoms with E-state index in [9.17, 15) is 4.79 Å². The molecule has 0 spiro atoms. The molecule has 0 N–H and O–H groups in total. The van der Waals surface area contributed by atoms with E-state index in [1.165, 1.54) is 37.3 Å². The molecule has 0 saturated heterocycles. The van der Waals surface area contributed by atoms with Crippen molar-refractivity contribution in [1.29, 1.82) is 0 Å². The Bertz CT molecular complexity index is 652. The number of hydrogen-bond acceptors (Lipinski definition) is 4. The molecule has 1 unspecified atom stereocenters. The molecule has 0 fully saturated rings. The molecule has 2 rings (SSSR count). The van der Waals surface area contributed by atoms with Crippen LogP contribution >= 0.6 is 0 Å². The van der Waals surface area contributed by atoms with Crippen LogP contribution in [0.1, 0.15) is 67.2 Å². The average molecular weight is 360 g/mol. The number of esters is 1. The van der Waals surface area contributed by atoms with Crippen molar-refractivity contribution in [2.45, 2.75) is 73.3 Å². The molecule has 1 aliphatic carbocycles. The van der Waals surface area contributed by atoms with Gasteiger partial charge in [-0.2, -0.15) is 0 Å². The Morgan fingerprint density at radius 3 is 2.81 bits per heavy atom. The van der Waals surface area contributed by atoms with Gasteiger partial charge in [-0.25, -0.2) is 0 Å². The minimum absolute atomic E-state index is 0.0523. The zero-order chi connectivity index (χ0) is 19.3. The highest BCUT2D eigenvalue weighted by molar-refractivity contribution is 5.89. The number of nitrogens with zero attached hydrogens (tertiary/aromatic N) is 1. The lowest BCUT2D eigenvalue weighted by molar-refractivity contribution is -0.139. The van der Waals surface area contributed by atoms with Crippen molar-refractivity contribution in [2.75, 3.05) is 6.61 Å². The summed E-state index contributed by atoms with van der Waals surface area (Å²) in [5.74, 6) is -0.0216. The topological polar surface area (TPSA) is 47.9 Å². The molecule has 1 heterocycles. The van der Waals surface area contributed by atoms with E-state index in [0.29, 0.717) is 0 Å². The van der Waals surface area contributed by atoms with E-state index in [2.05, 4.69) is 45.0 Å². The maximum absolute atomic E-state index is 10.8. The molecule has 4 nitrogen and oxygen atoms in total. The molecule has 0 aromatic rings. The van der Waals surface area contributed by atoms with Gasteiger partial charge in [0.25, 0.3) is 0 Å². The van der Waals surface area contributed by atoms with E-state index >= 15 is 0 Å². The van der Waals surface area contributed by atoms with Crippen LogP contribution in [0.15, 0.2) is 40.1 Å². The van der Waals surface area contributed by atoms with Gasteiger partial charge < -0.3 is 9.57 Å². The number of carbonyl (C=O) groups excluding carboxylic acids is 1. The van der Waals surface area contributed by atoms with E-state index in [1.807, 2.05) is 13.0 Å². The molecule has 0 saturated carbocycles. The van der Waals surface area contributed by atoms with Gasteiger partial charge in [-0.05, 0) is 55.7 Å². The molecule has 0 bridgehead atoms. The Morgan fingerprint density at radius 1 is 1.42 bits per heavy atom. The maximum atomic E-state index is 10.8. The molecule has 0 aromatic heterocycles. The Hall–Kier alpha value is -1.84. The quantitative estimate of drug-likeness (QED) is 0.474. The highest BCUT2D eigenvalue weighted by Crippen LogP contribution is 2.41. The second-order valence-electron chi connectivity index (χ2n) is 8.21. The van der Waals surface area contributed by atoms with Crippen molar-refractivity contribution in [3.05, 3.63) is 34.9 Å². The third kappa shape index (κ3) is 5.33. The van der Waals surface area contributed by atoms with Crippen LogP contribution in [0.5, 0.6) is 0 Å². The normalized spacial score (nSPS) is 24.5. The number of oxime groups is 1. The van der Waals surface area contributed by atoms with E-state index in [4.69, 9.17) is 9.57 Å². The summed E-state index contributed by atoms with van der Waals surface area (Å²) >= 11 is 0. The third-order valence-corrected chi connectivity index (χ3v) is 5.51. The fourth-order valence-corrected chi connectivity index (χ4v) is 3.69. The van der Waals surface area contributed by atoms with Crippen LogP contribution in [-0.2, 0) is 14.4 Å². The van der Waals surface area contributed by atoms with Gasteiger partial charge in [-0.1, -0.05) is 43.7 Å². The van der Waals surface area contributed by atoms with Gasteiger partial charge in [0.2, 0.25) is 0 Å². The van der Waals surface area contributed by atoms with Crippen molar-refractivity contribution in [2.24, 2.45) is 16.5 Å². The van der Waals surface area contributed by atoms with Gasteiger partial charge in [0.1, 0.15) is 6.61 Å². The zero-order valence-corrected chi connectivity index (χ0v) is 17.1. The second-order valence-corrected chi connectivity index (χ2v) is 8.21. The molecule has 144 valence electrons. The first-order valence-electron chi connectivity index (χ1n) is 9.61. The first-order chi connectivity index (χ1) is 12.2. The summed E-state index contributed by atoms with van der Waals surface area (Å²) in [5, 5.41) is 4.30. The summed E-state index contributed by atoms with van der Waals surface area (Å²) < 4.78 is 4.96. The van der Waals surface area contributed by atoms with Crippen molar-refractivity contribution in [3.63, 3.8) is 0 Å². The predicted molar refractivity (Wildman–Crippen MR) is 106 cm³/mol. The highest BCUT2D eigenvalue weighted by Gasteiger charge is 2.28. The summed E-state index contributed by atoms with van der Waals surface area (Å²) in [6.45, 7) is 12.8. The van der Waals surface area contributed by atoms with Gasteiger partial charge in [-0.15, -0.1) is 0 Å². The smallest absolute Gasteiger partial charge is 0.302 e. The number of hydrogen-bond donors (Lipinski definition) is 0. The number of rotatable bonds is 6. The molecular weight excluding hydrogens is 326 g/mol. The molecule has 2 aliphatic rings. The van der Waals surface area contributed by atoms with Crippen molar-refractivity contribution < 1.29 is 14.4 Å². The molecule has 1 aliphatic heterocycles. The van der Waals surface area contributed by atoms with E-state index < -0.39 is 0 Å². The van der Waals surface area contributed by atoms with Gasteiger partial charge in [0, 0.05) is 19.3 Å². The lowest BCUT2D eigenvalue weighted by atomic mass is 9.72. The highest BCUT2D eigenvalue weighted by atomic mass is 16.6. The van der Waals surface area contributed by atoms with Crippen LogP contribution in [0.25, 0.3) is 0 Å². The molecular formula is C22H33NO3. The molecule has 2 atom stereocenters. The molecule has 0 radical (unpaired) electrons. The molecule has 26 heavy (non-hydrogen) atoms. The standard InChI is InChI=1S/C22H33NO3/c1-15-8-7-12-22(5,6)19(15)10-9-16(2)20-14-21(26-23-20)17(3)11-13-25-18(4)24/h9-11,16,21H,7-8,12-14H2,1-6H3/b10-9+,17-11+/t16-,21?/m0/s1. The summed E-state index contributed by atoms with van der Waals surface area (Å²) in [4.78, 5) is 16.4. The van der Waals surface area contributed by atoms with Crippen molar-refractivity contribution >= 4 is 11.7 Å². The molecule has 0 aromatic carbocycles. The Kier molecular flexibility index (Phi) is 6.85. The number of carbonyl (C=O) groups is 1. The lowest BCUT2D eigenvalue weighted by Crippen LogP contribution is -2.19. The van der Waals surface area contributed by atoms with E-state index in [1.54, 1.807) is 0 Å². The fraction of sp³-hybridized carbons (Fsp3) is 0.636. The minimum atomic E-state index is -0.271. The number of allylic oxidation sites excluding steroid dienone is 4. The third-order valence-electron chi connectivity index (χ3n) is 5.51. The SMILES string of the molecule is CC(=O)OC/C=C(\C)C1CC([C@@H](C)/C=C/C2=C(C)CCCC2(C)C)=NO1. The van der Waals surface area contributed by atoms with Crippen molar-refractivity contribution in [3.8, 4) is 0 Å². The van der Waals surface area contributed by atoms with Gasteiger partial charge in [-0.3, -0.25) is 4.79 Å². The average Bonchev–Trinajstić information content (AvgIpc) is 3.03. The predicted octanol–water partition coefficient (Wildman–Crippen LogP) is 5.36. The van der Waals surface area contributed by atoms with E-state index in [0.717, 1.165) is 17.7 Å². The summed E-state index contributed by atoms with van der Waals surface area (Å²) in [7, 11) is 0. The van der Waals surface area contributed by atoms with Crippen LogP contribution in [-0.4, -0.2) is 24.4 Å². The second kappa shape index (κ2) is 8.70. The van der Waals surface area contributed by atoms with Crippen LogP contribution in [0.3, 0.4) is 0 Å². The summed E-state index contributed by atoms with van der Waals surface area (Å²) in [6, 6.07) is 0. The van der Waals surface area contributed by atoms with Gasteiger partial charge >= 0.3 is 5.97 Å². The van der Waals surface area contributed by atoms with Crippen LogP contribution in [0, 0.1) is 11.3 Å². The van der Waals surface area contributed by atoms with Crippen LogP contribution in [0.4, 0.5) is 0 Å². The first kappa shape index (κ1) is 20.5. The molecule has 0 amide bonds. The maximum Gasteiger partial charge on any atom is 0.302 e. The first-order valence-corrected chi connectivity index (χ1v) is 9.61. The zero-order valence-electron chi connectivity index (χ0n) is 17.1. The fourth-order valence-electron chi connectivity index (χ4n) is 3.69. The Labute approximate surface area is 158 Å². The summed E-state index contributed by atoms with van der Waals surface area (Å²) in [5.41, 5.74) is 5.36.